The van der Waals surface area contributed by atoms with Gasteiger partial charge < -0.3 is 14.3 Å². The monoisotopic (exact) mass is 522 g/mol. The smallest absolute Gasteiger partial charge is 0.412 e. The molecule has 0 aliphatic heterocycles. The molecule has 2 N–H and O–H groups in total. The molecule has 0 bridgehead atoms. The lowest BCUT2D eigenvalue weighted by Gasteiger charge is -2.11. The fourth-order valence-electron chi connectivity index (χ4n) is 4.69. The molecule has 0 spiro atoms. The molecule has 0 atom stereocenters. The summed E-state index contributed by atoms with van der Waals surface area (Å²) in [6.45, 7) is 0.0749. The molecule has 1 aliphatic carbocycles. The first-order chi connectivity index (χ1) is 18.9. The molecule has 1 fully saturated rings. The van der Waals surface area contributed by atoms with Crippen molar-refractivity contribution < 1.29 is 28.2 Å². The number of furan rings is 1. The molecule has 1 amide bonds. The number of carboxylic acid groups (broad SMARTS) is 1. The number of anilines is 1. The number of hydrogen-bond acceptors (Lipinski definition) is 5. The van der Waals surface area contributed by atoms with Crippen molar-refractivity contribution in [3.63, 3.8) is 0 Å². The number of nitrogens with one attached hydrogen (secondary N) is 1. The highest BCUT2D eigenvalue weighted by atomic mass is 19.1. The van der Waals surface area contributed by atoms with Crippen molar-refractivity contribution in [3.05, 3.63) is 108 Å². The average Bonchev–Trinajstić information content (AvgIpc) is 3.71. The first-order valence-corrected chi connectivity index (χ1v) is 12.4. The molecule has 0 saturated heterocycles. The van der Waals surface area contributed by atoms with Crippen molar-refractivity contribution in [3.8, 4) is 22.5 Å². The predicted molar refractivity (Wildman–Crippen MR) is 144 cm³/mol. The van der Waals surface area contributed by atoms with Gasteiger partial charge in [-0.15, -0.1) is 0 Å². The van der Waals surface area contributed by atoms with Gasteiger partial charge in [0.05, 0.1) is 17.0 Å². The molecule has 39 heavy (non-hydrogen) atoms. The number of halogens is 1. The summed E-state index contributed by atoms with van der Waals surface area (Å²) in [7, 11) is 0. The van der Waals surface area contributed by atoms with Crippen LogP contribution >= 0.6 is 0 Å². The standard InChI is InChI=1S/C31H23FN2O5/c32-24-16-25-26(34-30(37)38-18-19-4-2-1-3-5-19)27(39-28(25)33-17-24)22-8-6-20(7-9-22)21-10-12-23(13-11-21)31(14-15-31)29(35)36/h1-13,16-17H,14-15,18H2,(H,34,37)(H,35,36). The summed E-state index contributed by atoms with van der Waals surface area (Å²) in [6, 6.07) is 25.5. The Morgan fingerprint density at radius 2 is 1.59 bits per heavy atom. The summed E-state index contributed by atoms with van der Waals surface area (Å²) in [5, 5.41) is 12.6. The Balaban J connectivity index is 1.26. The maximum absolute atomic E-state index is 14.0. The fraction of sp³-hybridized carbons (Fsp3) is 0.129. The molecule has 194 valence electrons. The minimum atomic E-state index is -0.784. The number of hydrogen-bond donors (Lipinski definition) is 2. The lowest BCUT2D eigenvalue weighted by Crippen LogP contribution is -2.19. The molecule has 6 rings (SSSR count). The van der Waals surface area contributed by atoms with Crippen molar-refractivity contribution in [2.75, 3.05) is 5.32 Å². The van der Waals surface area contributed by atoms with E-state index in [-0.39, 0.29) is 18.0 Å². The topological polar surface area (TPSA) is 102 Å². The largest absolute Gasteiger partial charge is 0.481 e. The molecule has 0 unspecified atom stereocenters. The third-order valence-corrected chi connectivity index (χ3v) is 7.03. The lowest BCUT2D eigenvalue weighted by atomic mass is 9.93. The van der Waals surface area contributed by atoms with Crippen LogP contribution in [0.25, 0.3) is 33.6 Å². The number of rotatable bonds is 7. The first kappa shape index (κ1) is 24.4. The van der Waals surface area contributed by atoms with Gasteiger partial charge in [-0.25, -0.2) is 14.2 Å². The number of carbonyl (C=O) groups excluding carboxylic acids is 1. The minimum absolute atomic E-state index is 0.0749. The van der Waals surface area contributed by atoms with Crippen molar-refractivity contribution >= 4 is 28.8 Å². The number of ether oxygens (including phenoxy) is 1. The van der Waals surface area contributed by atoms with Crippen molar-refractivity contribution in [2.24, 2.45) is 0 Å². The molecule has 3 aromatic carbocycles. The zero-order chi connectivity index (χ0) is 27.0. The number of aliphatic carboxylic acids is 1. The molecule has 5 aromatic rings. The number of carbonyl (C=O) groups is 2. The van der Waals surface area contributed by atoms with Crippen LogP contribution in [0.5, 0.6) is 0 Å². The van der Waals surface area contributed by atoms with Crippen LogP contribution in [0, 0.1) is 5.82 Å². The van der Waals surface area contributed by atoms with E-state index in [0.717, 1.165) is 28.5 Å². The van der Waals surface area contributed by atoms with E-state index in [1.807, 2.05) is 78.9 Å². The molecule has 2 aromatic heterocycles. The number of benzene rings is 3. The van der Waals surface area contributed by atoms with E-state index >= 15 is 0 Å². The third-order valence-electron chi connectivity index (χ3n) is 7.03. The number of fused-ring (bicyclic) bond motifs is 1. The van der Waals surface area contributed by atoms with Crippen LogP contribution in [0.15, 0.2) is 95.5 Å². The van der Waals surface area contributed by atoms with Gasteiger partial charge in [0, 0.05) is 5.56 Å². The predicted octanol–water partition coefficient (Wildman–Crippen LogP) is 7.17. The van der Waals surface area contributed by atoms with Crippen LogP contribution in [0.3, 0.4) is 0 Å². The van der Waals surface area contributed by atoms with Gasteiger partial charge in [0.2, 0.25) is 5.71 Å². The Kier molecular flexibility index (Phi) is 6.07. The van der Waals surface area contributed by atoms with Crippen molar-refractivity contribution in [2.45, 2.75) is 24.9 Å². The van der Waals surface area contributed by atoms with Gasteiger partial charge in [-0.1, -0.05) is 78.9 Å². The Bertz CT molecular complexity index is 1670. The van der Waals surface area contributed by atoms with Gasteiger partial charge in [0.15, 0.2) is 5.76 Å². The highest BCUT2D eigenvalue weighted by Crippen LogP contribution is 2.48. The minimum Gasteiger partial charge on any atom is -0.481 e. The van der Waals surface area contributed by atoms with E-state index in [9.17, 15) is 19.1 Å². The van der Waals surface area contributed by atoms with E-state index in [1.54, 1.807) is 0 Å². The molecule has 8 heteroatoms. The van der Waals surface area contributed by atoms with E-state index in [1.165, 1.54) is 6.07 Å². The van der Waals surface area contributed by atoms with Gasteiger partial charge in [-0.05, 0) is 41.2 Å². The highest BCUT2D eigenvalue weighted by molar-refractivity contribution is 6.03. The van der Waals surface area contributed by atoms with Gasteiger partial charge in [0.25, 0.3) is 0 Å². The van der Waals surface area contributed by atoms with E-state index in [4.69, 9.17) is 9.15 Å². The van der Waals surface area contributed by atoms with E-state index < -0.39 is 23.3 Å². The van der Waals surface area contributed by atoms with Crippen molar-refractivity contribution in [1.82, 2.24) is 4.98 Å². The summed E-state index contributed by atoms with van der Waals surface area (Å²) >= 11 is 0. The quantitative estimate of drug-likeness (QED) is 0.235. The van der Waals surface area contributed by atoms with E-state index in [0.29, 0.717) is 29.6 Å². The zero-order valence-corrected chi connectivity index (χ0v) is 20.7. The SMILES string of the molecule is O=C(Nc1c(-c2ccc(-c3ccc(C4(C(=O)O)CC4)cc3)cc2)oc2ncc(F)cc12)OCc1ccccc1. The number of amides is 1. The van der Waals surface area contributed by atoms with Gasteiger partial charge >= 0.3 is 12.1 Å². The second kappa shape index (κ2) is 9.72. The van der Waals surface area contributed by atoms with Gasteiger partial charge in [0.1, 0.15) is 18.1 Å². The second-order valence-corrected chi connectivity index (χ2v) is 9.54. The zero-order valence-electron chi connectivity index (χ0n) is 20.7. The molecule has 1 aliphatic rings. The third kappa shape index (κ3) is 4.72. The van der Waals surface area contributed by atoms with Crippen molar-refractivity contribution in [1.29, 1.82) is 0 Å². The Morgan fingerprint density at radius 3 is 2.23 bits per heavy atom. The highest BCUT2D eigenvalue weighted by Gasteiger charge is 2.51. The van der Waals surface area contributed by atoms with Gasteiger partial charge in [-0.3, -0.25) is 10.1 Å². The Morgan fingerprint density at radius 1 is 0.949 bits per heavy atom. The summed E-state index contributed by atoms with van der Waals surface area (Å²) in [4.78, 5) is 28.3. The Labute approximate surface area is 222 Å². The molecule has 2 heterocycles. The summed E-state index contributed by atoms with van der Waals surface area (Å²) < 4.78 is 25.3. The summed E-state index contributed by atoms with van der Waals surface area (Å²) in [5.41, 5.74) is 3.83. The average molecular weight is 523 g/mol. The van der Waals surface area contributed by atoms with Gasteiger partial charge in [-0.2, -0.15) is 0 Å². The lowest BCUT2D eigenvalue weighted by molar-refractivity contribution is -0.140. The van der Waals surface area contributed by atoms with E-state index in [2.05, 4.69) is 10.3 Å². The normalized spacial score (nSPS) is 13.7. The fourth-order valence-corrected chi connectivity index (χ4v) is 4.69. The van der Waals surface area contributed by atoms with Crippen LogP contribution in [0.1, 0.15) is 24.0 Å². The van der Waals surface area contributed by atoms with Crippen LogP contribution < -0.4 is 5.32 Å². The molecular formula is C31H23FN2O5. The first-order valence-electron chi connectivity index (χ1n) is 12.4. The number of nitrogens with zero attached hydrogens (tertiary/aromatic N) is 1. The number of carboxylic acids is 1. The van der Waals surface area contributed by atoms with Crippen LogP contribution in [-0.2, 0) is 21.6 Å². The van der Waals surface area contributed by atoms with Crippen LogP contribution in [0.4, 0.5) is 14.9 Å². The summed E-state index contributed by atoms with van der Waals surface area (Å²) in [6.07, 6.45) is 1.65. The van der Waals surface area contributed by atoms with Crippen LogP contribution in [-0.4, -0.2) is 22.2 Å². The maximum atomic E-state index is 14.0. The number of aromatic nitrogens is 1. The molecule has 0 radical (unpaired) electrons. The Hall–Kier alpha value is -4.98. The number of pyridine rings is 1. The second-order valence-electron chi connectivity index (χ2n) is 9.54. The maximum Gasteiger partial charge on any atom is 0.412 e. The van der Waals surface area contributed by atoms with Crippen LogP contribution in [0.2, 0.25) is 0 Å². The molecule has 1 saturated carbocycles. The summed E-state index contributed by atoms with van der Waals surface area (Å²) in [5.74, 6) is -1.03. The molecule has 7 nitrogen and oxygen atoms in total. The molecular weight excluding hydrogens is 499 g/mol.